The van der Waals surface area contributed by atoms with E-state index in [1.165, 1.54) is 12.7 Å². The molecule has 0 saturated carbocycles. The average molecular weight is 315 g/mol. The van der Waals surface area contributed by atoms with Crippen molar-refractivity contribution in [2.45, 2.75) is 0 Å². The fourth-order valence-electron chi connectivity index (χ4n) is 0.971. The maximum Gasteiger partial charge on any atom is 0.266 e. The van der Waals surface area contributed by atoms with Gasteiger partial charge in [0.2, 0.25) is 0 Å². The number of rotatable bonds is 2. The van der Waals surface area contributed by atoms with Gasteiger partial charge in [0, 0.05) is 0 Å². The number of nitrogens with one attached hydrogen (secondary N) is 2. The van der Waals surface area contributed by atoms with Gasteiger partial charge in [0.25, 0.3) is 5.56 Å². The minimum atomic E-state index is -0.176. The SMILES string of the molecule is O=c1[nH]cnc(Nc2cncnc2)c1I. The van der Waals surface area contributed by atoms with E-state index in [1.54, 1.807) is 12.4 Å². The van der Waals surface area contributed by atoms with Crippen molar-refractivity contribution < 1.29 is 0 Å². The number of hydrogen-bond donors (Lipinski definition) is 2. The van der Waals surface area contributed by atoms with Crippen LogP contribution in [0.1, 0.15) is 0 Å². The molecule has 2 aromatic rings. The molecule has 0 spiro atoms. The maximum atomic E-state index is 11.3. The predicted molar refractivity (Wildman–Crippen MR) is 62.9 cm³/mol. The quantitative estimate of drug-likeness (QED) is 0.805. The van der Waals surface area contributed by atoms with E-state index >= 15 is 0 Å². The molecule has 0 fully saturated rings. The van der Waals surface area contributed by atoms with Crippen LogP contribution in [0.4, 0.5) is 11.5 Å². The second kappa shape index (κ2) is 4.34. The van der Waals surface area contributed by atoms with E-state index < -0.39 is 0 Å². The van der Waals surface area contributed by atoms with E-state index in [2.05, 4.69) is 25.3 Å². The first-order valence-electron chi connectivity index (χ1n) is 4.02. The minimum absolute atomic E-state index is 0.176. The first-order valence-corrected chi connectivity index (χ1v) is 5.10. The molecule has 0 amide bonds. The van der Waals surface area contributed by atoms with E-state index in [4.69, 9.17) is 0 Å². The normalized spacial score (nSPS) is 9.93. The van der Waals surface area contributed by atoms with Gasteiger partial charge in [-0.25, -0.2) is 15.0 Å². The molecule has 76 valence electrons. The van der Waals surface area contributed by atoms with Gasteiger partial charge in [-0.1, -0.05) is 0 Å². The fraction of sp³-hybridized carbons (Fsp3) is 0. The summed E-state index contributed by atoms with van der Waals surface area (Å²) in [6, 6.07) is 0. The van der Waals surface area contributed by atoms with Crippen molar-refractivity contribution in [3.63, 3.8) is 0 Å². The predicted octanol–water partition coefficient (Wildman–Crippen LogP) is 0.908. The third kappa shape index (κ3) is 2.29. The molecule has 0 aliphatic carbocycles. The Hall–Kier alpha value is -1.51. The molecule has 15 heavy (non-hydrogen) atoms. The van der Waals surface area contributed by atoms with Crippen LogP contribution in [0.25, 0.3) is 0 Å². The molecule has 2 rings (SSSR count). The molecule has 0 aliphatic heterocycles. The Morgan fingerprint density at radius 2 is 2.07 bits per heavy atom. The van der Waals surface area contributed by atoms with Gasteiger partial charge < -0.3 is 10.3 Å². The van der Waals surface area contributed by atoms with Gasteiger partial charge in [-0.2, -0.15) is 0 Å². The molecular formula is C8H6IN5O. The Kier molecular flexibility index (Phi) is 2.90. The second-order valence-corrected chi connectivity index (χ2v) is 3.73. The van der Waals surface area contributed by atoms with E-state index in [-0.39, 0.29) is 5.56 Å². The molecule has 0 radical (unpaired) electrons. The zero-order valence-corrected chi connectivity index (χ0v) is 9.59. The molecule has 0 saturated heterocycles. The zero-order valence-electron chi connectivity index (χ0n) is 7.44. The van der Waals surface area contributed by atoms with Gasteiger partial charge in [0.05, 0.1) is 24.4 Å². The van der Waals surface area contributed by atoms with Crippen LogP contribution in [-0.4, -0.2) is 19.9 Å². The molecule has 0 atom stereocenters. The summed E-state index contributed by atoms with van der Waals surface area (Å²) in [5, 5.41) is 2.95. The first kappa shape index (κ1) is 10.0. The van der Waals surface area contributed by atoms with Crippen LogP contribution in [-0.2, 0) is 0 Å². The van der Waals surface area contributed by atoms with E-state index in [9.17, 15) is 4.79 Å². The molecule has 2 N–H and O–H groups in total. The fourth-order valence-corrected chi connectivity index (χ4v) is 1.40. The van der Waals surface area contributed by atoms with Crippen molar-refractivity contribution in [3.05, 3.63) is 39.0 Å². The summed E-state index contributed by atoms with van der Waals surface area (Å²) in [5.74, 6) is 0.495. The van der Waals surface area contributed by atoms with Crippen molar-refractivity contribution in [1.29, 1.82) is 0 Å². The van der Waals surface area contributed by atoms with Crippen LogP contribution in [0.3, 0.4) is 0 Å². The van der Waals surface area contributed by atoms with E-state index in [0.29, 0.717) is 15.1 Å². The highest BCUT2D eigenvalue weighted by Gasteiger charge is 2.04. The molecule has 0 aliphatic rings. The Balaban J connectivity index is 2.33. The van der Waals surface area contributed by atoms with Crippen molar-refractivity contribution in [3.8, 4) is 0 Å². The Morgan fingerprint density at radius 1 is 1.33 bits per heavy atom. The molecule has 2 aromatic heterocycles. The highest BCUT2D eigenvalue weighted by molar-refractivity contribution is 14.1. The third-order valence-corrected chi connectivity index (χ3v) is 2.62. The molecule has 2 heterocycles. The van der Waals surface area contributed by atoms with Crippen molar-refractivity contribution in [1.82, 2.24) is 19.9 Å². The summed E-state index contributed by atoms with van der Waals surface area (Å²) in [7, 11) is 0. The summed E-state index contributed by atoms with van der Waals surface area (Å²) in [6.45, 7) is 0. The smallest absolute Gasteiger partial charge is 0.266 e. The van der Waals surface area contributed by atoms with Gasteiger partial charge in [-0.15, -0.1) is 0 Å². The largest absolute Gasteiger partial charge is 0.337 e. The van der Waals surface area contributed by atoms with E-state index in [1.807, 2.05) is 22.6 Å². The molecule has 6 nitrogen and oxygen atoms in total. The standard InChI is InChI=1S/C8H6IN5O/c9-6-7(12-4-13-8(6)15)14-5-1-10-3-11-2-5/h1-4H,(H2,12,13,14,15). The van der Waals surface area contributed by atoms with E-state index in [0.717, 1.165) is 0 Å². The molecule has 0 aromatic carbocycles. The lowest BCUT2D eigenvalue weighted by atomic mass is 10.5. The van der Waals surface area contributed by atoms with Crippen molar-refractivity contribution in [2.75, 3.05) is 5.32 Å². The third-order valence-electron chi connectivity index (χ3n) is 1.62. The van der Waals surface area contributed by atoms with Crippen LogP contribution < -0.4 is 10.9 Å². The lowest BCUT2D eigenvalue weighted by Gasteiger charge is -2.04. The van der Waals surface area contributed by atoms with Crippen molar-refractivity contribution in [2.24, 2.45) is 0 Å². The number of aromatic nitrogens is 4. The molecular weight excluding hydrogens is 309 g/mol. The average Bonchev–Trinajstić information content (AvgIpc) is 2.26. The number of halogens is 1. The molecule has 0 bridgehead atoms. The van der Waals surface area contributed by atoms with Gasteiger partial charge in [-0.05, 0) is 22.6 Å². The lowest BCUT2D eigenvalue weighted by molar-refractivity contribution is 1.09. The van der Waals surface area contributed by atoms with Crippen LogP contribution in [0, 0.1) is 3.57 Å². The van der Waals surface area contributed by atoms with Crippen LogP contribution in [0.15, 0.2) is 29.8 Å². The Bertz CT molecular complexity index is 512. The summed E-state index contributed by atoms with van der Waals surface area (Å²) in [4.78, 5) is 25.4. The Morgan fingerprint density at radius 3 is 2.80 bits per heavy atom. The summed E-state index contributed by atoms with van der Waals surface area (Å²) in [6.07, 6.45) is 5.98. The zero-order chi connectivity index (χ0) is 10.7. The number of H-pyrrole nitrogens is 1. The topological polar surface area (TPSA) is 83.6 Å². The highest BCUT2D eigenvalue weighted by atomic mass is 127. The molecule has 0 unspecified atom stereocenters. The van der Waals surface area contributed by atoms with Crippen LogP contribution in [0.2, 0.25) is 0 Å². The number of anilines is 2. The van der Waals surface area contributed by atoms with Gasteiger partial charge in [0.1, 0.15) is 9.90 Å². The summed E-state index contributed by atoms with van der Waals surface area (Å²) >= 11 is 1.92. The lowest BCUT2D eigenvalue weighted by Crippen LogP contribution is -2.12. The second-order valence-electron chi connectivity index (χ2n) is 2.65. The van der Waals surface area contributed by atoms with Crippen molar-refractivity contribution >= 4 is 34.1 Å². The highest BCUT2D eigenvalue weighted by Crippen LogP contribution is 2.14. The summed E-state index contributed by atoms with van der Waals surface area (Å²) in [5.41, 5.74) is 0.512. The number of aromatic amines is 1. The number of hydrogen-bond acceptors (Lipinski definition) is 5. The monoisotopic (exact) mass is 315 g/mol. The summed E-state index contributed by atoms with van der Waals surface area (Å²) < 4.78 is 0.499. The maximum absolute atomic E-state index is 11.3. The number of nitrogens with zero attached hydrogens (tertiary/aromatic N) is 3. The molecule has 7 heteroatoms. The van der Waals surface area contributed by atoms with Gasteiger partial charge in [0.15, 0.2) is 5.82 Å². The van der Waals surface area contributed by atoms with Gasteiger partial charge >= 0.3 is 0 Å². The first-order chi connectivity index (χ1) is 7.27. The van der Waals surface area contributed by atoms with Crippen LogP contribution in [0.5, 0.6) is 0 Å². The Labute approximate surface area is 98.3 Å². The van der Waals surface area contributed by atoms with Crippen LogP contribution >= 0.6 is 22.6 Å². The minimum Gasteiger partial charge on any atom is -0.337 e. The van der Waals surface area contributed by atoms with Gasteiger partial charge in [-0.3, -0.25) is 4.79 Å².